The predicted molar refractivity (Wildman–Crippen MR) is 137 cm³/mol. The van der Waals surface area contributed by atoms with Gasteiger partial charge in [0.15, 0.2) is 10.9 Å². The van der Waals surface area contributed by atoms with Crippen LogP contribution in [0, 0.1) is 40.2 Å². The number of anilines is 1. The van der Waals surface area contributed by atoms with E-state index in [-0.39, 0.29) is 40.5 Å². The molecule has 36 heavy (non-hydrogen) atoms. The van der Waals surface area contributed by atoms with Gasteiger partial charge in [-0.3, -0.25) is 14.9 Å². The first-order valence-corrected chi connectivity index (χ1v) is 13.5. The largest absolute Gasteiger partial charge is 0.502 e. The van der Waals surface area contributed by atoms with Crippen molar-refractivity contribution < 1.29 is 20.0 Å². The number of aryl methyl sites for hydroxylation is 1. The number of amides is 1. The number of rotatable bonds is 6. The van der Waals surface area contributed by atoms with E-state index in [1.54, 1.807) is 6.20 Å². The van der Waals surface area contributed by atoms with E-state index in [1.807, 2.05) is 13.0 Å². The number of phenolic OH excluding ortho intramolecular Hbond substituents is 1. The third-order valence-electron chi connectivity index (χ3n) is 8.89. The summed E-state index contributed by atoms with van der Waals surface area (Å²) < 4.78 is 0. The molecule has 0 spiro atoms. The fourth-order valence-corrected chi connectivity index (χ4v) is 8.14. The highest BCUT2D eigenvalue weighted by molar-refractivity contribution is 7.15. The van der Waals surface area contributed by atoms with Crippen molar-refractivity contribution in [2.24, 2.45) is 28.3 Å². The highest BCUT2D eigenvalue weighted by Crippen LogP contribution is 2.63. The summed E-state index contributed by atoms with van der Waals surface area (Å²) in [7, 11) is 0. The van der Waals surface area contributed by atoms with Crippen LogP contribution in [0.15, 0.2) is 23.5 Å². The molecular formula is C26H32N4O5S. The third kappa shape index (κ3) is 4.15. The van der Waals surface area contributed by atoms with E-state index in [9.17, 15) is 25.2 Å². The van der Waals surface area contributed by atoms with Crippen LogP contribution >= 0.6 is 11.3 Å². The second-order valence-electron chi connectivity index (χ2n) is 10.8. The van der Waals surface area contributed by atoms with Gasteiger partial charge in [0, 0.05) is 28.5 Å². The Kier molecular flexibility index (Phi) is 6.48. The second-order valence-corrected chi connectivity index (χ2v) is 12.0. The molecule has 1 amide bonds. The van der Waals surface area contributed by atoms with Gasteiger partial charge < -0.3 is 15.6 Å². The zero-order valence-corrected chi connectivity index (χ0v) is 21.4. The Labute approximate surface area is 213 Å². The summed E-state index contributed by atoms with van der Waals surface area (Å²) in [6.45, 7) is 4.15. The van der Waals surface area contributed by atoms with Crippen molar-refractivity contribution >= 4 is 33.8 Å². The molecule has 2 aromatic rings. The topological polar surface area (TPSA) is 138 Å². The summed E-state index contributed by atoms with van der Waals surface area (Å²) in [5, 5.41) is 38.9. The molecule has 1 aromatic carbocycles. The van der Waals surface area contributed by atoms with Crippen molar-refractivity contribution in [1.82, 2.24) is 4.98 Å². The second kappa shape index (κ2) is 9.46. The number of nitro benzene ring substituents is 1. The number of aromatic nitrogens is 1. The average molecular weight is 513 g/mol. The predicted octanol–water partition coefficient (Wildman–Crippen LogP) is 5.79. The minimum Gasteiger partial charge on any atom is -0.502 e. The number of hydrogen-bond donors (Lipinski definition) is 3. The third-order valence-corrected chi connectivity index (χ3v) is 9.71. The maximum absolute atomic E-state index is 12.5. The molecule has 2 fully saturated rings. The Balaban J connectivity index is 1.34. The van der Waals surface area contributed by atoms with Gasteiger partial charge >= 0.3 is 5.69 Å². The summed E-state index contributed by atoms with van der Waals surface area (Å²) in [6.07, 6.45) is 7.55. The standard InChI is InChI=1S/C26H32N4O5S/c1-14-13-27-25(36-14)28-22(32)5-3-4-15-12-21(29-33)26(2)11-10-17-16-8-9-20(31)24(30(34)35)19(16)7-6-18(17)23(15)26/h8-9,13,15,17-18,23,31,33H,3-7,10-12H2,1-2H3,(H,27,28,32)/b29-21+/t15-,17?,18?,23?,26-/m1/s1. The average Bonchev–Trinajstić information content (AvgIpc) is 3.37. The number of carbonyl (C=O) groups excluding carboxylic acids is 1. The van der Waals surface area contributed by atoms with Crippen molar-refractivity contribution in [3.63, 3.8) is 0 Å². The van der Waals surface area contributed by atoms with E-state index >= 15 is 0 Å². The van der Waals surface area contributed by atoms with Gasteiger partial charge in [-0.2, -0.15) is 0 Å². The van der Waals surface area contributed by atoms with Crippen LogP contribution in [0.5, 0.6) is 5.75 Å². The van der Waals surface area contributed by atoms with Crippen molar-refractivity contribution in [1.29, 1.82) is 0 Å². The van der Waals surface area contributed by atoms with E-state index in [0.717, 1.165) is 54.7 Å². The number of nitrogens with zero attached hydrogens (tertiary/aromatic N) is 3. The highest BCUT2D eigenvalue weighted by Gasteiger charge is 2.58. The molecule has 9 nitrogen and oxygen atoms in total. The van der Waals surface area contributed by atoms with Gasteiger partial charge in [-0.25, -0.2) is 4.98 Å². The van der Waals surface area contributed by atoms with Crippen LogP contribution < -0.4 is 5.32 Å². The lowest BCUT2D eigenvalue weighted by Crippen LogP contribution is -2.44. The van der Waals surface area contributed by atoms with E-state index in [0.29, 0.717) is 29.5 Å². The first kappa shape index (κ1) is 24.7. The fourth-order valence-electron chi connectivity index (χ4n) is 7.46. The lowest BCUT2D eigenvalue weighted by atomic mass is 9.53. The number of oxime groups is 1. The Bertz CT molecular complexity index is 1230. The van der Waals surface area contributed by atoms with Crippen LogP contribution in [0.25, 0.3) is 0 Å². The summed E-state index contributed by atoms with van der Waals surface area (Å²) in [5.41, 5.74) is 2.15. The van der Waals surface area contributed by atoms with E-state index < -0.39 is 4.92 Å². The summed E-state index contributed by atoms with van der Waals surface area (Å²) in [6, 6.07) is 3.33. The number of hydrogen-bond acceptors (Lipinski definition) is 8. The molecule has 0 saturated heterocycles. The van der Waals surface area contributed by atoms with Crippen molar-refractivity contribution in [3.8, 4) is 5.75 Å². The molecule has 192 valence electrons. The molecule has 3 aliphatic carbocycles. The number of nitro groups is 1. The monoisotopic (exact) mass is 512 g/mol. The number of carbonyl (C=O) groups is 1. The first-order chi connectivity index (χ1) is 17.2. The number of aromatic hydroxyl groups is 1. The SMILES string of the molecule is Cc1cnc(NC(=O)CCC[C@@H]2C/C(=N\O)[C@@]3(C)CCC4c5ccc(O)c([N+](=O)[O-])c5CCC4C23)s1. The minimum atomic E-state index is -0.464. The van der Waals surface area contributed by atoms with E-state index in [2.05, 4.69) is 22.4 Å². The normalized spacial score (nSPS) is 29.9. The van der Waals surface area contributed by atoms with Gasteiger partial charge in [0.1, 0.15) is 0 Å². The molecule has 3 aliphatic rings. The van der Waals surface area contributed by atoms with Gasteiger partial charge in [-0.15, -0.1) is 11.3 Å². The van der Waals surface area contributed by atoms with Crippen molar-refractivity contribution in [3.05, 3.63) is 44.4 Å². The molecule has 1 aromatic heterocycles. The smallest absolute Gasteiger partial charge is 0.314 e. The molecule has 0 bridgehead atoms. The van der Waals surface area contributed by atoms with Gasteiger partial charge in [-0.1, -0.05) is 18.1 Å². The Morgan fingerprint density at radius 2 is 2.19 bits per heavy atom. The van der Waals surface area contributed by atoms with Crippen LogP contribution in [0.2, 0.25) is 0 Å². The van der Waals surface area contributed by atoms with Crippen LogP contribution in [-0.4, -0.2) is 31.8 Å². The van der Waals surface area contributed by atoms with Crippen LogP contribution in [0.1, 0.15) is 73.8 Å². The molecule has 5 rings (SSSR count). The van der Waals surface area contributed by atoms with Gasteiger partial charge in [0.05, 0.1) is 10.6 Å². The van der Waals surface area contributed by atoms with Crippen molar-refractivity contribution in [2.75, 3.05) is 5.32 Å². The lowest BCUT2D eigenvalue weighted by molar-refractivity contribution is -0.386. The molecule has 0 radical (unpaired) electrons. The van der Waals surface area contributed by atoms with Gasteiger partial charge in [0.2, 0.25) is 5.91 Å². The molecule has 2 saturated carbocycles. The summed E-state index contributed by atoms with van der Waals surface area (Å²) >= 11 is 1.46. The molecule has 3 N–H and O–H groups in total. The number of benzene rings is 1. The number of nitrogens with one attached hydrogen (secondary N) is 1. The maximum atomic E-state index is 12.5. The Morgan fingerprint density at radius 3 is 2.89 bits per heavy atom. The Hall–Kier alpha value is -3.01. The van der Waals surface area contributed by atoms with E-state index in [1.165, 1.54) is 17.4 Å². The van der Waals surface area contributed by atoms with Crippen LogP contribution in [0.3, 0.4) is 0 Å². The fraction of sp³-hybridized carbons (Fsp3) is 0.577. The summed E-state index contributed by atoms with van der Waals surface area (Å²) in [5.74, 6) is 0.767. The van der Waals surface area contributed by atoms with Gasteiger partial charge in [-0.05, 0) is 87.2 Å². The molecule has 10 heteroatoms. The molecule has 5 atom stereocenters. The molecular weight excluding hydrogens is 480 g/mol. The zero-order valence-electron chi connectivity index (χ0n) is 20.6. The zero-order chi connectivity index (χ0) is 25.6. The summed E-state index contributed by atoms with van der Waals surface area (Å²) in [4.78, 5) is 28.9. The van der Waals surface area contributed by atoms with E-state index in [4.69, 9.17) is 0 Å². The number of fused-ring (bicyclic) bond motifs is 5. The van der Waals surface area contributed by atoms with Crippen molar-refractivity contribution in [2.45, 2.75) is 71.1 Å². The molecule has 3 unspecified atom stereocenters. The Morgan fingerprint density at radius 1 is 1.39 bits per heavy atom. The molecule has 0 aliphatic heterocycles. The van der Waals surface area contributed by atoms with Crippen LogP contribution in [-0.2, 0) is 11.2 Å². The molecule has 1 heterocycles. The lowest BCUT2D eigenvalue weighted by Gasteiger charge is -2.50. The highest BCUT2D eigenvalue weighted by atomic mass is 32.1. The number of thiazole rings is 1. The number of phenols is 1. The quantitative estimate of drug-likeness (QED) is 0.254. The van der Waals surface area contributed by atoms with Crippen LogP contribution in [0.4, 0.5) is 10.8 Å². The maximum Gasteiger partial charge on any atom is 0.314 e. The minimum absolute atomic E-state index is 0.0404. The first-order valence-electron chi connectivity index (χ1n) is 12.7. The van der Waals surface area contributed by atoms with Gasteiger partial charge in [0.25, 0.3) is 0 Å².